The summed E-state index contributed by atoms with van der Waals surface area (Å²) in [6.45, 7) is 0. The molecule has 11 aromatic carbocycles. The highest BCUT2D eigenvalue weighted by atomic mass is 14.3. The predicted octanol–water partition coefficient (Wildman–Crippen LogP) is 13.1. The van der Waals surface area contributed by atoms with Crippen LogP contribution in [0.15, 0.2) is 146 Å². The normalized spacial score (nSPS) is 12.8. The highest BCUT2D eigenvalue weighted by Gasteiger charge is 2.25. The molecule has 0 radical (unpaired) electrons. The molecule has 1 aliphatic rings. The highest BCUT2D eigenvalue weighted by Crippen LogP contribution is 2.52. The molecule has 208 valence electrons. The molecule has 0 nitrogen and oxygen atoms in total. The van der Waals surface area contributed by atoms with Crippen LogP contribution in [0.5, 0.6) is 0 Å². The lowest BCUT2D eigenvalue weighted by atomic mass is 9.90. The topological polar surface area (TPSA) is 0 Å². The molecule has 0 aromatic heterocycles. The van der Waals surface area contributed by atoms with Crippen molar-refractivity contribution in [2.45, 2.75) is 0 Å². The van der Waals surface area contributed by atoms with Crippen molar-refractivity contribution in [2.24, 2.45) is 0 Å². The molecule has 0 amide bonds. The summed E-state index contributed by atoms with van der Waals surface area (Å²) in [5.41, 5.74) is 7.99. The average Bonchev–Trinajstić information content (AvgIpc) is 3.72. The summed E-state index contributed by atoms with van der Waals surface area (Å²) in [7, 11) is 0. The minimum Gasteiger partial charge on any atom is -0.0616 e. The fourth-order valence-electron chi connectivity index (χ4n) is 9.15. The maximum atomic E-state index is 2.47. The van der Waals surface area contributed by atoms with Gasteiger partial charge in [0, 0.05) is 0 Å². The van der Waals surface area contributed by atoms with E-state index in [-0.39, 0.29) is 0 Å². The molecule has 0 saturated heterocycles. The minimum atomic E-state index is 1.30. The Balaban J connectivity index is 1.15. The van der Waals surface area contributed by atoms with Gasteiger partial charge < -0.3 is 0 Å². The van der Waals surface area contributed by atoms with Crippen LogP contribution in [-0.2, 0) is 0 Å². The Morgan fingerprint density at radius 1 is 0.196 bits per heavy atom. The molecule has 0 bridgehead atoms. The molecule has 0 fully saturated rings. The van der Waals surface area contributed by atoms with Crippen molar-refractivity contribution >= 4 is 86.2 Å². The van der Waals surface area contributed by atoms with Gasteiger partial charge >= 0.3 is 0 Å². The van der Waals surface area contributed by atoms with E-state index in [4.69, 9.17) is 0 Å². The summed E-state index contributed by atoms with van der Waals surface area (Å²) < 4.78 is 0. The predicted molar refractivity (Wildman–Crippen MR) is 199 cm³/mol. The summed E-state index contributed by atoms with van der Waals surface area (Å²) in [5, 5.41) is 21.5. The third-order valence-electron chi connectivity index (χ3n) is 11.1. The number of rotatable bonds is 1. The van der Waals surface area contributed by atoms with Gasteiger partial charge in [-0.2, -0.15) is 0 Å². The maximum Gasteiger partial charge on any atom is -0.00201 e. The second-order valence-electron chi connectivity index (χ2n) is 13.2. The third kappa shape index (κ3) is 2.70. The summed E-state index contributed by atoms with van der Waals surface area (Å²) in [6.07, 6.45) is 0. The van der Waals surface area contributed by atoms with E-state index in [9.17, 15) is 0 Å². The van der Waals surface area contributed by atoms with E-state index in [0.29, 0.717) is 0 Å². The average molecular weight is 577 g/mol. The van der Waals surface area contributed by atoms with Gasteiger partial charge in [-0.3, -0.25) is 0 Å². The van der Waals surface area contributed by atoms with Gasteiger partial charge in [0.25, 0.3) is 0 Å². The third-order valence-corrected chi connectivity index (χ3v) is 11.1. The van der Waals surface area contributed by atoms with Gasteiger partial charge in [0.2, 0.25) is 0 Å². The number of benzene rings is 9. The van der Waals surface area contributed by atoms with Crippen LogP contribution in [0, 0.1) is 0 Å². The smallest absolute Gasteiger partial charge is 0.00201 e. The Morgan fingerprint density at radius 2 is 0.630 bits per heavy atom. The molecule has 0 N–H and O–H groups in total. The molecule has 0 aliphatic heterocycles. The monoisotopic (exact) mass is 576 g/mol. The van der Waals surface area contributed by atoms with Gasteiger partial charge in [0.1, 0.15) is 0 Å². The molecule has 0 spiro atoms. The van der Waals surface area contributed by atoms with Crippen LogP contribution in [0.25, 0.3) is 120 Å². The molecule has 0 atom stereocenters. The lowest BCUT2D eigenvalue weighted by Crippen LogP contribution is -1.85. The molecule has 12 rings (SSSR count). The van der Waals surface area contributed by atoms with Crippen molar-refractivity contribution in [1.82, 2.24) is 0 Å². The summed E-state index contributed by atoms with van der Waals surface area (Å²) in [4.78, 5) is 0. The van der Waals surface area contributed by atoms with Gasteiger partial charge in [0.05, 0.1) is 0 Å². The van der Waals surface area contributed by atoms with Gasteiger partial charge in [-0.1, -0.05) is 121 Å². The van der Waals surface area contributed by atoms with Crippen LogP contribution in [-0.4, -0.2) is 0 Å². The first-order valence-corrected chi connectivity index (χ1v) is 16.2. The summed E-state index contributed by atoms with van der Waals surface area (Å²) >= 11 is 0. The van der Waals surface area contributed by atoms with Crippen LogP contribution in [0.3, 0.4) is 0 Å². The zero-order valence-corrected chi connectivity index (χ0v) is 24.9. The quantitative estimate of drug-likeness (QED) is 0.182. The van der Waals surface area contributed by atoms with Gasteiger partial charge in [0.15, 0.2) is 0 Å². The zero-order chi connectivity index (χ0) is 29.7. The van der Waals surface area contributed by atoms with Crippen molar-refractivity contribution in [3.63, 3.8) is 0 Å². The Kier molecular flexibility index (Phi) is 4.07. The number of fused-ring (bicyclic) bond motifs is 10. The van der Waals surface area contributed by atoms with Gasteiger partial charge in [-0.25, -0.2) is 0 Å². The summed E-state index contributed by atoms with van der Waals surface area (Å²) in [6, 6.07) is 55.1. The second-order valence-corrected chi connectivity index (χ2v) is 13.2. The van der Waals surface area contributed by atoms with Crippen molar-refractivity contribution in [1.29, 1.82) is 0 Å². The first kappa shape index (κ1) is 23.4. The Morgan fingerprint density at radius 3 is 1.28 bits per heavy atom. The van der Waals surface area contributed by atoms with Crippen LogP contribution >= 0.6 is 0 Å². The molecule has 0 saturated carbocycles. The van der Waals surface area contributed by atoms with E-state index >= 15 is 0 Å². The van der Waals surface area contributed by atoms with Gasteiger partial charge in [-0.05, 0) is 144 Å². The van der Waals surface area contributed by atoms with Crippen molar-refractivity contribution < 1.29 is 0 Å². The molecular formula is C46H24. The van der Waals surface area contributed by atoms with E-state index < -0.39 is 0 Å². The van der Waals surface area contributed by atoms with Crippen molar-refractivity contribution in [2.75, 3.05) is 0 Å². The highest BCUT2D eigenvalue weighted by molar-refractivity contribution is 6.38. The second kappa shape index (κ2) is 7.99. The molecule has 0 heteroatoms. The van der Waals surface area contributed by atoms with Crippen LogP contribution < -0.4 is 0 Å². The van der Waals surface area contributed by atoms with E-state index in [2.05, 4.69) is 146 Å². The maximum absolute atomic E-state index is 2.47. The molecule has 46 heavy (non-hydrogen) atoms. The SMILES string of the molecule is c1ccc2cc3c(cc2c1)-c1cccc2c(-c4ccc5c6cc7c(cc6c6cccc4c65)c4cccc5cccc7c54)ccc-3c12. The van der Waals surface area contributed by atoms with Gasteiger partial charge in [-0.15, -0.1) is 0 Å². The van der Waals surface area contributed by atoms with E-state index in [1.807, 2.05) is 0 Å². The van der Waals surface area contributed by atoms with Crippen LogP contribution in [0.2, 0.25) is 0 Å². The van der Waals surface area contributed by atoms with E-state index in [1.165, 1.54) is 120 Å². The summed E-state index contributed by atoms with van der Waals surface area (Å²) in [5.74, 6) is 0. The Bertz CT molecular complexity index is 2990. The minimum absolute atomic E-state index is 1.30. The molecule has 1 aliphatic carbocycles. The van der Waals surface area contributed by atoms with Crippen molar-refractivity contribution in [3.05, 3.63) is 146 Å². The first-order valence-electron chi connectivity index (χ1n) is 16.2. The number of hydrogen-bond acceptors (Lipinski definition) is 0. The lowest BCUT2D eigenvalue weighted by Gasteiger charge is -2.13. The van der Waals surface area contributed by atoms with E-state index in [0.717, 1.165) is 0 Å². The molecule has 0 heterocycles. The molecular weight excluding hydrogens is 553 g/mol. The standard InChI is InChI=1S/C46H24/c1-2-8-27-22-39-36-19-17-28(30-13-5-15-34(45(30)36)38(39)21-26(27)7-1)29-18-20-37-43-24-41-33-12-4-10-25-9-3-11-32(44(25)33)40(41)23-42(43)35-16-6-14-31(29)46(35)37/h1-24H. The molecule has 0 unspecified atom stereocenters. The Labute approximate surface area is 264 Å². The first-order chi connectivity index (χ1) is 22.8. The van der Waals surface area contributed by atoms with Crippen molar-refractivity contribution in [3.8, 4) is 33.4 Å². The fourth-order valence-corrected chi connectivity index (χ4v) is 9.15. The van der Waals surface area contributed by atoms with Crippen LogP contribution in [0.4, 0.5) is 0 Å². The number of hydrogen-bond donors (Lipinski definition) is 0. The Hall–Kier alpha value is -5.98. The fraction of sp³-hybridized carbons (Fsp3) is 0. The van der Waals surface area contributed by atoms with Crippen LogP contribution in [0.1, 0.15) is 0 Å². The lowest BCUT2D eigenvalue weighted by molar-refractivity contribution is 1.72. The largest absolute Gasteiger partial charge is 0.0616 e. The zero-order valence-electron chi connectivity index (χ0n) is 24.9. The van der Waals surface area contributed by atoms with E-state index in [1.54, 1.807) is 0 Å². The molecule has 11 aromatic rings.